The van der Waals surface area contributed by atoms with Gasteiger partial charge in [-0.15, -0.1) is 0 Å². The van der Waals surface area contributed by atoms with Crippen LogP contribution < -0.4 is 0 Å². The molecule has 0 aliphatic heterocycles. The summed E-state index contributed by atoms with van der Waals surface area (Å²) in [4.78, 5) is 11.2. The van der Waals surface area contributed by atoms with Crippen LogP contribution in [-0.2, 0) is 4.79 Å². The lowest BCUT2D eigenvalue weighted by molar-refractivity contribution is -0.123. The molecule has 0 spiro atoms. The van der Waals surface area contributed by atoms with E-state index in [1.54, 1.807) is 0 Å². The third kappa shape index (κ3) is 0.821. The van der Waals surface area contributed by atoms with Crippen LogP contribution >= 0.6 is 0 Å². The summed E-state index contributed by atoms with van der Waals surface area (Å²) in [6.07, 6.45) is 1.97. The van der Waals surface area contributed by atoms with Crippen LogP contribution in [0, 0.1) is 5.41 Å². The predicted molar refractivity (Wildman–Crippen MR) is 41.7 cm³/mol. The molecule has 0 aromatic rings. The highest BCUT2D eigenvalue weighted by molar-refractivity contribution is 6.10. The first-order chi connectivity index (χ1) is 4.45. The van der Waals surface area contributed by atoms with Crippen LogP contribution in [0.1, 0.15) is 20.8 Å². The highest BCUT2D eigenvalue weighted by atomic mass is 16.1. The molecule has 54 valence electrons. The van der Waals surface area contributed by atoms with Gasteiger partial charge in [0.2, 0.25) is 0 Å². The SMILES string of the molecule is C=C(C)C1=CC(C)(C)C1=O. The molecule has 0 fully saturated rings. The van der Waals surface area contributed by atoms with Crippen LogP contribution in [0.3, 0.4) is 0 Å². The highest BCUT2D eigenvalue weighted by Crippen LogP contribution is 2.36. The Morgan fingerprint density at radius 3 is 2.20 bits per heavy atom. The minimum atomic E-state index is -0.228. The second-order valence-electron chi connectivity index (χ2n) is 3.39. The fourth-order valence-corrected chi connectivity index (χ4v) is 1.08. The molecule has 0 bridgehead atoms. The minimum Gasteiger partial charge on any atom is -0.293 e. The van der Waals surface area contributed by atoms with Crippen molar-refractivity contribution in [2.24, 2.45) is 5.41 Å². The van der Waals surface area contributed by atoms with Crippen LogP contribution in [0.25, 0.3) is 0 Å². The first-order valence-electron chi connectivity index (χ1n) is 3.39. The van der Waals surface area contributed by atoms with Crippen molar-refractivity contribution in [3.63, 3.8) is 0 Å². The molecule has 10 heavy (non-hydrogen) atoms. The molecule has 1 rings (SSSR count). The van der Waals surface area contributed by atoms with Gasteiger partial charge < -0.3 is 0 Å². The van der Waals surface area contributed by atoms with Crippen molar-refractivity contribution in [1.82, 2.24) is 0 Å². The number of carbonyl (C=O) groups is 1. The number of hydrogen-bond acceptors (Lipinski definition) is 1. The van der Waals surface area contributed by atoms with Crippen LogP contribution in [-0.4, -0.2) is 5.78 Å². The van der Waals surface area contributed by atoms with Gasteiger partial charge in [0.05, 0.1) is 0 Å². The molecule has 1 nitrogen and oxygen atoms in total. The predicted octanol–water partition coefficient (Wildman–Crippen LogP) is 2.10. The molecule has 1 aliphatic rings. The van der Waals surface area contributed by atoms with Gasteiger partial charge in [0.25, 0.3) is 0 Å². The van der Waals surface area contributed by atoms with Gasteiger partial charge in [-0.05, 0) is 26.3 Å². The summed E-state index contributed by atoms with van der Waals surface area (Å²) >= 11 is 0. The maximum Gasteiger partial charge on any atom is 0.172 e. The smallest absolute Gasteiger partial charge is 0.172 e. The monoisotopic (exact) mass is 136 g/mol. The van der Waals surface area contributed by atoms with Crippen molar-refractivity contribution in [3.8, 4) is 0 Å². The Morgan fingerprint density at radius 2 is 2.10 bits per heavy atom. The second-order valence-corrected chi connectivity index (χ2v) is 3.39. The van der Waals surface area contributed by atoms with Gasteiger partial charge >= 0.3 is 0 Å². The van der Waals surface area contributed by atoms with Crippen molar-refractivity contribution in [2.75, 3.05) is 0 Å². The Balaban J connectivity index is 2.92. The zero-order valence-corrected chi connectivity index (χ0v) is 6.69. The Hall–Kier alpha value is -0.850. The van der Waals surface area contributed by atoms with Crippen molar-refractivity contribution >= 4 is 5.78 Å². The summed E-state index contributed by atoms with van der Waals surface area (Å²) in [6.45, 7) is 9.40. The van der Waals surface area contributed by atoms with E-state index in [1.165, 1.54) is 0 Å². The van der Waals surface area contributed by atoms with Crippen LogP contribution in [0.15, 0.2) is 23.8 Å². The van der Waals surface area contributed by atoms with Crippen molar-refractivity contribution in [1.29, 1.82) is 0 Å². The highest BCUT2D eigenvalue weighted by Gasteiger charge is 2.37. The van der Waals surface area contributed by atoms with E-state index in [1.807, 2.05) is 26.8 Å². The quantitative estimate of drug-likeness (QED) is 0.539. The number of allylic oxidation sites excluding steroid dienone is 3. The van der Waals surface area contributed by atoms with Crippen LogP contribution in [0.4, 0.5) is 0 Å². The molecule has 0 N–H and O–H groups in total. The number of hydrogen-bond donors (Lipinski definition) is 0. The molecular weight excluding hydrogens is 124 g/mol. The molecule has 0 saturated heterocycles. The number of ketones is 1. The average molecular weight is 136 g/mol. The van der Waals surface area contributed by atoms with Gasteiger partial charge in [-0.2, -0.15) is 0 Å². The fraction of sp³-hybridized carbons (Fsp3) is 0.444. The standard InChI is InChI=1S/C9H12O/c1-6(2)7-5-9(3,4)8(7)10/h5H,1H2,2-4H3. The Labute approximate surface area is 61.4 Å². The molecule has 0 atom stereocenters. The van der Waals surface area contributed by atoms with Crippen LogP contribution in [0.2, 0.25) is 0 Å². The van der Waals surface area contributed by atoms with Crippen molar-refractivity contribution in [3.05, 3.63) is 23.8 Å². The zero-order chi connectivity index (χ0) is 7.94. The van der Waals surface area contributed by atoms with Gasteiger partial charge in [0.15, 0.2) is 5.78 Å². The number of Topliss-reactive ketones (excluding diaryl/α,β-unsaturated/α-hetero) is 1. The number of carbonyl (C=O) groups excluding carboxylic acids is 1. The second kappa shape index (κ2) is 1.82. The molecule has 1 aliphatic carbocycles. The molecule has 0 saturated carbocycles. The van der Waals surface area contributed by atoms with Gasteiger partial charge in [0, 0.05) is 11.0 Å². The van der Waals surface area contributed by atoms with Gasteiger partial charge in [-0.1, -0.05) is 12.7 Å². The van der Waals surface area contributed by atoms with E-state index in [0.717, 1.165) is 11.1 Å². The van der Waals surface area contributed by atoms with E-state index < -0.39 is 0 Å². The first-order valence-corrected chi connectivity index (χ1v) is 3.39. The number of rotatable bonds is 1. The van der Waals surface area contributed by atoms with Crippen molar-refractivity contribution in [2.45, 2.75) is 20.8 Å². The van der Waals surface area contributed by atoms with Gasteiger partial charge in [0.1, 0.15) is 0 Å². The molecule has 0 aromatic carbocycles. The summed E-state index contributed by atoms with van der Waals surface area (Å²) in [7, 11) is 0. The van der Waals surface area contributed by atoms with E-state index in [9.17, 15) is 4.79 Å². The molecule has 0 heterocycles. The largest absolute Gasteiger partial charge is 0.293 e. The fourth-order valence-electron chi connectivity index (χ4n) is 1.08. The van der Waals surface area contributed by atoms with E-state index in [4.69, 9.17) is 0 Å². The Morgan fingerprint density at radius 1 is 1.60 bits per heavy atom. The average Bonchev–Trinajstić information content (AvgIpc) is 1.82. The topological polar surface area (TPSA) is 17.1 Å². The lowest BCUT2D eigenvalue weighted by atomic mass is 9.71. The first kappa shape index (κ1) is 7.26. The molecule has 0 radical (unpaired) electrons. The summed E-state index contributed by atoms with van der Waals surface area (Å²) in [5, 5.41) is 0. The van der Waals surface area contributed by atoms with E-state index in [0.29, 0.717) is 0 Å². The Kier molecular flexibility index (Phi) is 1.32. The third-order valence-electron chi connectivity index (χ3n) is 1.79. The van der Waals surface area contributed by atoms with Gasteiger partial charge in [-0.25, -0.2) is 0 Å². The molecular formula is C9H12O. The van der Waals surface area contributed by atoms with Crippen molar-refractivity contribution < 1.29 is 4.79 Å². The maximum absolute atomic E-state index is 11.2. The normalized spacial score (nSPS) is 21.5. The van der Waals surface area contributed by atoms with E-state index >= 15 is 0 Å². The Bertz CT molecular complexity index is 231. The third-order valence-corrected chi connectivity index (χ3v) is 1.79. The summed E-state index contributed by atoms with van der Waals surface area (Å²) in [5.41, 5.74) is 1.46. The summed E-state index contributed by atoms with van der Waals surface area (Å²) in [6, 6.07) is 0. The van der Waals surface area contributed by atoms with E-state index in [2.05, 4.69) is 6.58 Å². The lowest BCUT2D eigenvalue weighted by Crippen LogP contribution is -2.33. The summed E-state index contributed by atoms with van der Waals surface area (Å²) in [5.74, 6) is 0.222. The molecule has 0 aromatic heterocycles. The molecule has 0 amide bonds. The van der Waals surface area contributed by atoms with E-state index in [-0.39, 0.29) is 11.2 Å². The van der Waals surface area contributed by atoms with Gasteiger partial charge in [-0.3, -0.25) is 4.79 Å². The summed E-state index contributed by atoms with van der Waals surface area (Å²) < 4.78 is 0. The lowest BCUT2D eigenvalue weighted by Gasteiger charge is -2.30. The zero-order valence-electron chi connectivity index (χ0n) is 6.69. The molecule has 1 heteroatoms. The van der Waals surface area contributed by atoms with Crippen LogP contribution in [0.5, 0.6) is 0 Å². The minimum absolute atomic E-state index is 0.222. The maximum atomic E-state index is 11.2. The molecule has 0 unspecified atom stereocenters.